The molecule has 2 N–H and O–H groups in total. The molecule has 0 spiro atoms. The Morgan fingerprint density at radius 1 is 1.06 bits per heavy atom. The number of rotatable bonds is 5. The first-order valence-corrected chi connectivity index (χ1v) is 11.6. The lowest BCUT2D eigenvalue weighted by Gasteiger charge is -2.31. The van der Waals surface area contributed by atoms with Crippen LogP contribution >= 0.6 is 35.4 Å². The van der Waals surface area contributed by atoms with Gasteiger partial charge in [-0.2, -0.15) is 5.10 Å². The summed E-state index contributed by atoms with van der Waals surface area (Å²) in [5, 5.41) is 9.24. The molecule has 2 aliphatic rings. The van der Waals surface area contributed by atoms with Crippen molar-refractivity contribution in [1.82, 2.24) is 10.3 Å². The minimum atomic E-state index is 0.447. The van der Waals surface area contributed by atoms with Gasteiger partial charge in [-0.05, 0) is 72.1 Å². The van der Waals surface area contributed by atoms with Gasteiger partial charge < -0.3 is 15.0 Å². The van der Waals surface area contributed by atoms with Crippen molar-refractivity contribution in [2.24, 2.45) is 5.10 Å². The van der Waals surface area contributed by atoms with Gasteiger partial charge in [-0.15, -0.1) is 0 Å². The number of anilines is 1. The van der Waals surface area contributed by atoms with Crippen LogP contribution in [0.5, 0.6) is 0 Å². The maximum absolute atomic E-state index is 6.43. The molecule has 1 heterocycles. The molecule has 4 rings (SSSR count). The van der Waals surface area contributed by atoms with Gasteiger partial charge in [-0.25, -0.2) is 0 Å². The van der Waals surface area contributed by atoms with Gasteiger partial charge in [-0.3, -0.25) is 5.43 Å². The first-order valence-electron chi connectivity index (χ1n) is 10.5. The summed E-state index contributed by atoms with van der Waals surface area (Å²) in [6, 6.07) is 15.4. The molecule has 1 aliphatic carbocycles. The van der Waals surface area contributed by atoms with Crippen LogP contribution in [0.15, 0.2) is 70.5 Å². The zero-order valence-corrected chi connectivity index (χ0v) is 19.8. The predicted octanol–water partition coefficient (Wildman–Crippen LogP) is 5.73. The number of thiocarbonyl (C=S) groups is 1. The highest BCUT2D eigenvalue weighted by atomic mass is 35.5. The maximum atomic E-state index is 6.43. The van der Waals surface area contributed by atoms with E-state index in [1.807, 2.05) is 48.7 Å². The van der Waals surface area contributed by atoms with Crippen LogP contribution in [0, 0.1) is 0 Å². The lowest BCUT2D eigenvalue weighted by atomic mass is 10.1. The van der Waals surface area contributed by atoms with E-state index in [4.69, 9.17) is 40.2 Å². The van der Waals surface area contributed by atoms with Crippen LogP contribution in [0.25, 0.3) is 6.08 Å². The second kappa shape index (κ2) is 11.0. The van der Waals surface area contributed by atoms with Crippen molar-refractivity contribution in [3.05, 3.63) is 81.0 Å². The number of hydrogen-bond donors (Lipinski definition) is 2. The number of ether oxygens (including phenoxy) is 1. The van der Waals surface area contributed by atoms with E-state index in [1.165, 1.54) is 16.8 Å². The molecule has 1 fully saturated rings. The van der Waals surface area contributed by atoms with Crippen molar-refractivity contribution in [3.8, 4) is 0 Å². The summed E-state index contributed by atoms with van der Waals surface area (Å²) in [5.74, 6) is 0. The molecule has 0 radical (unpaired) electrons. The van der Waals surface area contributed by atoms with E-state index < -0.39 is 0 Å². The Hall–Kier alpha value is -2.38. The average Bonchev–Trinajstić information content (AvgIpc) is 3.19. The molecular weight excluding hydrogens is 463 g/mol. The second-order valence-electron chi connectivity index (χ2n) is 7.50. The van der Waals surface area contributed by atoms with Crippen molar-refractivity contribution in [2.45, 2.75) is 12.8 Å². The number of nitrogens with one attached hydrogen (secondary N) is 2. The zero-order chi connectivity index (χ0) is 22.3. The van der Waals surface area contributed by atoms with E-state index in [0.717, 1.165) is 37.2 Å². The molecule has 0 aromatic heterocycles. The highest BCUT2D eigenvalue weighted by Gasteiger charge is 2.25. The Kier molecular flexibility index (Phi) is 7.81. The fourth-order valence-electron chi connectivity index (χ4n) is 3.83. The molecule has 2 aromatic rings. The molecule has 32 heavy (non-hydrogen) atoms. The van der Waals surface area contributed by atoms with E-state index in [9.17, 15) is 0 Å². The van der Waals surface area contributed by atoms with Crippen LogP contribution < -0.4 is 10.7 Å². The number of para-hydroxylation sites is 1. The van der Waals surface area contributed by atoms with Gasteiger partial charge in [0.25, 0.3) is 0 Å². The summed E-state index contributed by atoms with van der Waals surface area (Å²) in [6.07, 6.45) is 5.83. The molecule has 0 amide bonds. The standard InChI is InChI=1S/C24H24Cl2N4OS/c25-20-9-8-17(22(26)15-20)14-18-6-7-19(23(18)30-10-12-31-13-11-30)16-27-29-24(32)28-21-4-2-1-3-5-21/h1-5,8-9,14-16H,6-7,10-13H2,(H2,28,29,32)/b18-14-,27-16+. The monoisotopic (exact) mass is 486 g/mol. The molecule has 0 saturated carbocycles. The summed E-state index contributed by atoms with van der Waals surface area (Å²) in [6.45, 7) is 3.12. The zero-order valence-electron chi connectivity index (χ0n) is 17.5. The molecule has 166 valence electrons. The molecule has 2 aromatic carbocycles. The van der Waals surface area contributed by atoms with Gasteiger partial charge in [0.05, 0.1) is 19.4 Å². The summed E-state index contributed by atoms with van der Waals surface area (Å²) >= 11 is 17.8. The number of hydrazone groups is 1. The van der Waals surface area contributed by atoms with E-state index >= 15 is 0 Å². The van der Waals surface area contributed by atoms with Crippen LogP contribution in [0.4, 0.5) is 5.69 Å². The Balaban J connectivity index is 1.54. The Bertz CT molecular complexity index is 1060. The first-order chi connectivity index (χ1) is 15.6. The van der Waals surface area contributed by atoms with Crippen molar-refractivity contribution in [2.75, 3.05) is 31.6 Å². The maximum Gasteiger partial charge on any atom is 0.191 e. The largest absolute Gasteiger partial charge is 0.378 e. The van der Waals surface area contributed by atoms with Crippen molar-refractivity contribution in [1.29, 1.82) is 0 Å². The molecule has 0 bridgehead atoms. The van der Waals surface area contributed by atoms with Gasteiger partial charge in [0, 0.05) is 34.5 Å². The second-order valence-corrected chi connectivity index (χ2v) is 8.75. The highest BCUT2D eigenvalue weighted by Crippen LogP contribution is 2.36. The minimum Gasteiger partial charge on any atom is -0.378 e. The minimum absolute atomic E-state index is 0.447. The van der Waals surface area contributed by atoms with E-state index in [1.54, 1.807) is 6.07 Å². The van der Waals surface area contributed by atoms with Crippen LogP contribution in [0.3, 0.4) is 0 Å². The number of halogens is 2. The third-order valence-electron chi connectivity index (χ3n) is 5.31. The van der Waals surface area contributed by atoms with Crippen LogP contribution in [0.1, 0.15) is 18.4 Å². The highest BCUT2D eigenvalue weighted by molar-refractivity contribution is 7.80. The van der Waals surface area contributed by atoms with Gasteiger partial charge in [0.1, 0.15) is 0 Å². The normalized spacial score (nSPS) is 17.9. The first kappa shape index (κ1) is 22.8. The fraction of sp³-hybridized carbons (Fsp3) is 0.250. The average molecular weight is 487 g/mol. The van der Waals surface area contributed by atoms with Crippen molar-refractivity contribution >= 4 is 58.5 Å². The van der Waals surface area contributed by atoms with Gasteiger partial charge in [0.15, 0.2) is 5.11 Å². The summed E-state index contributed by atoms with van der Waals surface area (Å²) in [7, 11) is 0. The molecule has 0 atom stereocenters. The van der Waals surface area contributed by atoms with Crippen molar-refractivity contribution in [3.63, 3.8) is 0 Å². The lowest BCUT2D eigenvalue weighted by Crippen LogP contribution is -2.36. The smallest absolute Gasteiger partial charge is 0.191 e. The Labute approximate surface area is 203 Å². The Morgan fingerprint density at radius 2 is 1.84 bits per heavy atom. The number of allylic oxidation sites excluding steroid dienone is 2. The van der Waals surface area contributed by atoms with Crippen LogP contribution in [-0.4, -0.2) is 42.5 Å². The van der Waals surface area contributed by atoms with Crippen LogP contribution in [-0.2, 0) is 4.74 Å². The molecule has 0 unspecified atom stereocenters. The van der Waals surface area contributed by atoms with E-state index in [2.05, 4.69) is 26.8 Å². The fourth-order valence-corrected chi connectivity index (χ4v) is 4.46. The van der Waals surface area contributed by atoms with Crippen LogP contribution in [0.2, 0.25) is 10.0 Å². The van der Waals surface area contributed by atoms with E-state index in [-0.39, 0.29) is 0 Å². The summed E-state index contributed by atoms with van der Waals surface area (Å²) < 4.78 is 5.56. The summed E-state index contributed by atoms with van der Waals surface area (Å²) in [5.41, 5.74) is 8.40. The molecule has 5 nitrogen and oxygen atoms in total. The molecule has 8 heteroatoms. The van der Waals surface area contributed by atoms with Crippen molar-refractivity contribution < 1.29 is 4.74 Å². The number of benzene rings is 2. The lowest BCUT2D eigenvalue weighted by molar-refractivity contribution is 0.0548. The predicted molar refractivity (Wildman–Crippen MR) is 137 cm³/mol. The third kappa shape index (κ3) is 5.90. The van der Waals surface area contributed by atoms with Gasteiger partial charge in [-0.1, -0.05) is 47.5 Å². The topological polar surface area (TPSA) is 48.9 Å². The third-order valence-corrected chi connectivity index (χ3v) is 6.07. The number of hydrogen-bond acceptors (Lipinski definition) is 4. The quantitative estimate of drug-likeness (QED) is 0.321. The molecule has 1 saturated heterocycles. The number of morpholine rings is 1. The summed E-state index contributed by atoms with van der Waals surface area (Å²) in [4.78, 5) is 2.37. The molecular formula is C24H24Cl2N4OS. The number of nitrogens with zero attached hydrogens (tertiary/aromatic N) is 2. The SMILES string of the molecule is S=C(N/N=C/C1=C(N2CCOCC2)C(=C\c2ccc(Cl)cc2Cl)/CC1)Nc1ccccc1. The van der Waals surface area contributed by atoms with E-state index in [0.29, 0.717) is 28.4 Å². The Morgan fingerprint density at radius 3 is 2.59 bits per heavy atom. The molecule has 1 aliphatic heterocycles. The van der Waals surface area contributed by atoms with Gasteiger partial charge >= 0.3 is 0 Å². The van der Waals surface area contributed by atoms with Gasteiger partial charge in [0.2, 0.25) is 0 Å².